The second kappa shape index (κ2) is 3.36. The Bertz CT molecular complexity index is 512. The number of alkyl halides is 3. The van der Waals surface area contributed by atoms with Gasteiger partial charge in [0, 0.05) is 13.2 Å². The number of nitrogens with zero attached hydrogens (tertiary/aromatic N) is 3. The van der Waals surface area contributed by atoms with Crippen LogP contribution < -0.4 is 0 Å². The first-order chi connectivity index (χ1) is 7.38. The minimum atomic E-state index is -4.49. The van der Waals surface area contributed by atoms with E-state index >= 15 is 0 Å². The van der Waals surface area contributed by atoms with Crippen molar-refractivity contribution in [2.75, 3.05) is 0 Å². The maximum Gasteiger partial charge on any atom is 0.436 e. The number of aromatic nitrogens is 3. The molecule has 0 saturated heterocycles. The van der Waals surface area contributed by atoms with Gasteiger partial charge in [0.2, 0.25) is 5.89 Å². The average Bonchev–Trinajstić information content (AvgIpc) is 2.70. The molecule has 0 bridgehead atoms. The molecule has 16 heavy (non-hydrogen) atoms. The van der Waals surface area contributed by atoms with E-state index in [1.54, 1.807) is 7.05 Å². The number of aryl methyl sites for hydroxylation is 2. The van der Waals surface area contributed by atoms with Crippen LogP contribution in [0.5, 0.6) is 0 Å². The summed E-state index contributed by atoms with van der Waals surface area (Å²) in [4.78, 5) is 3.42. The van der Waals surface area contributed by atoms with Gasteiger partial charge in [-0.25, -0.2) is 4.98 Å². The third-order valence-electron chi connectivity index (χ3n) is 2.02. The Balaban J connectivity index is 2.46. The highest BCUT2D eigenvalue weighted by Gasteiger charge is 2.37. The van der Waals surface area contributed by atoms with Crippen LogP contribution in [0.3, 0.4) is 0 Å². The van der Waals surface area contributed by atoms with Crippen LogP contribution >= 0.6 is 0 Å². The van der Waals surface area contributed by atoms with Crippen molar-refractivity contribution < 1.29 is 17.6 Å². The van der Waals surface area contributed by atoms with Gasteiger partial charge in [-0.2, -0.15) is 18.3 Å². The maximum absolute atomic E-state index is 12.4. The molecule has 0 N–H and O–H groups in total. The Labute approximate surface area is 88.7 Å². The molecule has 0 aliphatic carbocycles. The number of halogens is 3. The van der Waals surface area contributed by atoms with Gasteiger partial charge in [0.15, 0.2) is 5.69 Å². The van der Waals surface area contributed by atoms with Crippen molar-refractivity contribution in [3.05, 3.63) is 23.8 Å². The van der Waals surface area contributed by atoms with E-state index in [1.807, 2.05) is 0 Å². The molecule has 0 amide bonds. The quantitative estimate of drug-likeness (QED) is 0.756. The van der Waals surface area contributed by atoms with Crippen LogP contribution in [0.15, 0.2) is 16.8 Å². The van der Waals surface area contributed by atoms with Crippen molar-refractivity contribution in [3.63, 3.8) is 0 Å². The summed E-state index contributed by atoms with van der Waals surface area (Å²) in [6.07, 6.45) is -1.56. The van der Waals surface area contributed by atoms with Gasteiger partial charge in [-0.15, -0.1) is 0 Å². The molecule has 0 aliphatic rings. The van der Waals surface area contributed by atoms with Gasteiger partial charge in [-0.3, -0.25) is 4.68 Å². The predicted molar refractivity (Wildman–Crippen MR) is 48.4 cm³/mol. The molecule has 0 atom stereocenters. The lowest BCUT2D eigenvalue weighted by molar-refractivity contribution is -0.141. The minimum absolute atomic E-state index is 0.0714. The summed E-state index contributed by atoms with van der Waals surface area (Å²) in [6, 6.07) is 0. The van der Waals surface area contributed by atoms with E-state index in [1.165, 1.54) is 24.0 Å². The van der Waals surface area contributed by atoms with Crippen molar-refractivity contribution in [1.29, 1.82) is 0 Å². The van der Waals surface area contributed by atoms with E-state index in [4.69, 9.17) is 4.42 Å². The molecule has 0 radical (unpaired) electrons. The Morgan fingerprint density at radius 2 is 2.06 bits per heavy atom. The van der Waals surface area contributed by atoms with Crippen LogP contribution in [0.1, 0.15) is 11.5 Å². The summed E-state index contributed by atoms with van der Waals surface area (Å²) in [5.41, 5.74) is -0.576. The van der Waals surface area contributed by atoms with Crippen LogP contribution in [0, 0.1) is 6.92 Å². The minimum Gasteiger partial charge on any atom is -0.441 e. The summed E-state index contributed by atoms with van der Waals surface area (Å²) in [7, 11) is 1.66. The van der Waals surface area contributed by atoms with E-state index in [0.717, 1.165) is 0 Å². The van der Waals surface area contributed by atoms with E-state index in [0.29, 0.717) is 5.56 Å². The zero-order chi connectivity index (χ0) is 11.9. The largest absolute Gasteiger partial charge is 0.441 e. The maximum atomic E-state index is 12.4. The summed E-state index contributed by atoms with van der Waals surface area (Å²) in [5.74, 6) is -0.315. The molecule has 86 valence electrons. The van der Waals surface area contributed by atoms with Crippen molar-refractivity contribution >= 4 is 0 Å². The molecule has 0 fully saturated rings. The lowest BCUT2D eigenvalue weighted by Gasteiger charge is -2.00. The SMILES string of the molecule is Cc1oc(-c2cnn(C)c2)nc1C(F)(F)F. The Kier molecular flexibility index (Phi) is 2.25. The van der Waals surface area contributed by atoms with Gasteiger partial charge in [0.1, 0.15) is 5.76 Å². The van der Waals surface area contributed by atoms with Gasteiger partial charge in [0.25, 0.3) is 0 Å². The van der Waals surface area contributed by atoms with Crippen LogP contribution in [0.2, 0.25) is 0 Å². The number of hydrogen-bond donors (Lipinski definition) is 0. The fourth-order valence-corrected chi connectivity index (χ4v) is 1.31. The second-order valence-corrected chi connectivity index (χ2v) is 3.32. The van der Waals surface area contributed by atoms with Gasteiger partial charge in [-0.1, -0.05) is 0 Å². The Morgan fingerprint density at radius 3 is 2.50 bits per heavy atom. The van der Waals surface area contributed by atoms with E-state index in [9.17, 15) is 13.2 Å². The highest BCUT2D eigenvalue weighted by atomic mass is 19.4. The Hall–Kier alpha value is -1.79. The predicted octanol–water partition coefficient (Wildman–Crippen LogP) is 2.40. The zero-order valence-electron chi connectivity index (χ0n) is 8.54. The smallest absolute Gasteiger partial charge is 0.436 e. The summed E-state index contributed by atoms with van der Waals surface area (Å²) >= 11 is 0. The molecule has 2 aromatic rings. The highest BCUT2D eigenvalue weighted by Crippen LogP contribution is 2.33. The average molecular weight is 231 g/mol. The van der Waals surface area contributed by atoms with Gasteiger partial charge >= 0.3 is 6.18 Å². The van der Waals surface area contributed by atoms with Gasteiger partial charge in [0.05, 0.1) is 11.8 Å². The fraction of sp³-hybridized carbons (Fsp3) is 0.333. The van der Waals surface area contributed by atoms with Crippen LogP contribution in [0.4, 0.5) is 13.2 Å². The third-order valence-corrected chi connectivity index (χ3v) is 2.02. The molecule has 0 unspecified atom stereocenters. The lowest BCUT2D eigenvalue weighted by atomic mass is 10.3. The Morgan fingerprint density at radius 1 is 1.38 bits per heavy atom. The molecule has 2 aromatic heterocycles. The zero-order valence-corrected chi connectivity index (χ0v) is 8.54. The first-order valence-electron chi connectivity index (χ1n) is 4.41. The van der Waals surface area contributed by atoms with E-state index in [-0.39, 0.29) is 11.7 Å². The second-order valence-electron chi connectivity index (χ2n) is 3.32. The van der Waals surface area contributed by atoms with Gasteiger partial charge in [-0.05, 0) is 6.92 Å². The van der Waals surface area contributed by atoms with Crippen LogP contribution in [0.25, 0.3) is 11.5 Å². The molecule has 4 nitrogen and oxygen atoms in total. The molecule has 7 heteroatoms. The fourth-order valence-electron chi connectivity index (χ4n) is 1.31. The molecular weight excluding hydrogens is 223 g/mol. The van der Waals surface area contributed by atoms with Crippen LogP contribution in [-0.2, 0) is 13.2 Å². The monoisotopic (exact) mass is 231 g/mol. The normalized spacial score (nSPS) is 12.1. The van der Waals surface area contributed by atoms with Crippen molar-refractivity contribution in [2.45, 2.75) is 13.1 Å². The summed E-state index contributed by atoms with van der Waals surface area (Å²) in [5, 5.41) is 3.83. The first-order valence-corrected chi connectivity index (χ1v) is 4.41. The van der Waals surface area contributed by atoms with Gasteiger partial charge < -0.3 is 4.42 Å². The van der Waals surface area contributed by atoms with Crippen molar-refractivity contribution in [3.8, 4) is 11.5 Å². The topological polar surface area (TPSA) is 43.9 Å². The molecular formula is C9H8F3N3O. The van der Waals surface area contributed by atoms with E-state index in [2.05, 4.69) is 10.1 Å². The molecule has 0 aromatic carbocycles. The third kappa shape index (κ3) is 1.80. The molecule has 0 saturated carbocycles. The number of rotatable bonds is 1. The first kappa shape index (κ1) is 10.7. The van der Waals surface area contributed by atoms with E-state index < -0.39 is 11.9 Å². The van der Waals surface area contributed by atoms with Crippen LogP contribution in [-0.4, -0.2) is 14.8 Å². The molecule has 0 aliphatic heterocycles. The number of oxazole rings is 1. The summed E-state index contributed by atoms with van der Waals surface area (Å²) in [6.45, 7) is 1.23. The molecule has 2 heterocycles. The molecule has 0 spiro atoms. The lowest BCUT2D eigenvalue weighted by Crippen LogP contribution is -2.07. The van der Waals surface area contributed by atoms with Crippen molar-refractivity contribution in [1.82, 2.24) is 14.8 Å². The highest BCUT2D eigenvalue weighted by molar-refractivity contribution is 5.50. The standard InChI is InChI=1S/C9H8F3N3O/c1-5-7(9(10,11)12)14-8(16-5)6-3-13-15(2)4-6/h3-4H,1-2H3. The number of hydrogen-bond acceptors (Lipinski definition) is 3. The van der Waals surface area contributed by atoms with Crippen molar-refractivity contribution in [2.24, 2.45) is 7.05 Å². The summed E-state index contributed by atoms with van der Waals surface area (Å²) < 4.78 is 43.7. The molecule has 2 rings (SSSR count).